The molecule has 0 radical (unpaired) electrons. The fourth-order valence-electron chi connectivity index (χ4n) is 1.39. The Hall–Kier alpha value is -0.730. The van der Waals surface area contributed by atoms with E-state index in [1.807, 2.05) is 0 Å². The normalized spacial score (nSPS) is 12.4. The summed E-state index contributed by atoms with van der Waals surface area (Å²) >= 11 is 0. The highest BCUT2D eigenvalue weighted by molar-refractivity contribution is 5.75. The summed E-state index contributed by atoms with van der Waals surface area (Å²) in [7, 11) is 0. The van der Waals surface area contributed by atoms with E-state index >= 15 is 0 Å². The van der Waals surface area contributed by atoms with Crippen LogP contribution in [0.3, 0.4) is 0 Å². The number of nitrogens with two attached hydrogens (primary N) is 2. The van der Waals surface area contributed by atoms with Gasteiger partial charge in [0.05, 0.1) is 19.6 Å². The number of carbonyl (C=O) groups is 1. The molecule has 7 heteroatoms. The van der Waals surface area contributed by atoms with Gasteiger partial charge in [-0.2, -0.15) is 0 Å². The molecule has 0 rings (SSSR count). The highest BCUT2D eigenvalue weighted by atomic mass is 16.6. The van der Waals surface area contributed by atoms with Crippen LogP contribution < -0.4 is 17.1 Å². The zero-order chi connectivity index (χ0) is 12.9. The minimum atomic E-state index is -0.0700. The van der Waals surface area contributed by atoms with Crippen molar-refractivity contribution in [2.24, 2.45) is 17.7 Å². The summed E-state index contributed by atoms with van der Waals surface area (Å²) < 4.78 is 0. The molecule has 0 aromatic carbocycles. The van der Waals surface area contributed by atoms with Crippen molar-refractivity contribution >= 4 is 5.91 Å². The molecule has 0 saturated heterocycles. The van der Waals surface area contributed by atoms with Gasteiger partial charge in [0.2, 0.25) is 5.91 Å². The molecule has 0 bridgehead atoms. The van der Waals surface area contributed by atoms with E-state index in [0.29, 0.717) is 13.2 Å². The van der Waals surface area contributed by atoms with Gasteiger partial charge >= 0.3 is 0 Å². The SMILES string of the molecule is NOCCC(=O)NCCCCC(CO)CON. The van der Waals surface area contributed by atoms with E-state index in [1.54, 1.807) is 0 Å². The summed E-state index contributed by atoms with van der Waals surface area (Å²) in [6.07, 6.45) is 2.87. The lowest BCUT2D eigenvalue weighted by atomic mass is 10.0. The van der Waals surface area contributed by atoms with Crippen molar-refractivity contribution < 1.29 is 19.6 Å². The van der Waals surface area contributed by atoms with Crippen LogP contribution in [0.2, 0.25) is 0 Å². The van der Waals surface area contributed by atoms with E-state index in [0.717, 1.165) is 19.3 Å². The van der Waals surface area contributed by atoms with Crippen molar-refractivity contribution in [1.29, 1.82) is 0 Å². The lowest BCUT2D eigenvalue weighted by Gasteiger charge is -2.12. The molecular weight excluding hydrogens is 226 g/mol. The van der Waals surface area contributed by atoms with Gasteiger partial charge in [0.15, 0.2) is 0 Å². The number of hydrogen-bond donors (Lipinski definition) is 4. The van der Waals surface area contributed by atoms with Crippen molar-refractivity contribution in [3.05, 3.63) is 0 Å². The van der Waals surface area contributed by atoms with Crippen LogP contribution in [0.25, 0.3) is 0 Å². The van der Waals surface area contributed by atoms with Crippen LogP contribution in [0, 0.1) is 5.92 Å². The van der Waals surface area contributed by atoms with Gasteiger partial charge in [0, 0.05) is 19.1 Å². The van der Waals surface area contributed by atoms with E-state index in [1.165, 1.54) is 0 Å². The second kappa shape index (κ2) is 11.7. The Bertz CT molecular complexity index is 192. The lowest BCUT2D eigenvalue weighted by molar-refractivity contribution is -0.122. The molecule has 0 aromatic rings. The molecular formula is C10H23N3O4. The molecule has 0 heterocycles. The number of aliphatic hydroxyl groups excluding tert-OH is 1. The molecule has 0 aromatic heterocycles. The molecule has 7 nitrogen and oxygen atoms in total. The summed E-state index contributed by atoms with van der Waals surface area (Å²) in [5, 5.41) is 11.7. The fourth-order valence-corrected chi connectivity index (χ4v) is 1.39. The molecule has 0 fully saturated rings. The highest BCUT2D eigenvalue weighted by Crippen LogP contribution is 2.07. The fraction of sp³-hybridized carbons (Fsp3) is 0.900. The molecule has 0 aliphatic rings. The highest BCUT2D eigenvalue weighted by Gasteiger charge is 2.07. The van der Waals surface area contributed by atoms with E-state index < -0.39 is 0 Å². The zero-order valence-electron chi connectivity index (χ0n) is 10.1. The number of carbonyl (C=O) groups excluding carboxylic acids is 1. The average Bonchev–Trinajstić information content (AvgIpc) is 2.34. The molecule has 17 heavy (non-hydrogen) atoms. The first-order valence-corrected chi connectivity index (χ1v) is 5.75. The summed E-state index contributed by atoms with van der Waals surface area (Å²) in [6.45, 7) is 1.27. The van der Waals surface area contributed by atoms with E-state index in [9.17, 15) is 4.79 Å². The van der Waals surface area contributed by atoms with E-state index in [-0.39, 0.29) is 31.5 Å². The maximum Gasteiger partial charge on any atom is 0.222 e. The van der Waals surface area contributed by atoms with Crippen LogP contribution in [0.15, 0.2) is 0 Å². The minimum Gasteiger partial charge on any atom is -0.396 e. The van der Waals surface area contributed by atoms with Gasteiger partial charge < -0.3 is 20.1 Å². The summed E-state index contributed by atoms with van der Waals surface area (Å²) in [5.41, 5.74) is 0. The van der Waals surface area contributed by atoms with Gasteiger partial charge in [-0.05, 0) is 12.8 Å². The Labute approximate surface area is 101 Å². The number of hydrogen-bond acceptors (Lipinski definition) is 6. The van der Waals surface area contributed by atoms with Gasteiger partial charge in [0.1, 0.15) is 0 Å². The molecule has 1 atom stereocenters. The van der Waals surface area contributed by atoms with Crippen molar-refractivity contribution in [3.63, 3.8) is 0 Å². The van der Waals surface area contributed by atoms with Gasteiger partial charge in [-0.25, -0.2) is 11.8 Å². The number of unbranched alkanes of at least 4 members (excludes halogenated alkanes) is 1. The molecule has 0 aliphatic heterocycles. The molecule has 0 saturated carbocycles. The van der Waals surface area contributed by atoms with Crippen LogP contribution in [0.5, 0.6) is 0 Å². The first kappa shape index (κ1) is 16.3. The summed E-state index contributed by atoms with van der Waals surface area (Å²) in [5.74, 6) is 9.74. The Balaban J connectivity index is 3.35. The third-order valence-electron chi connectivity index (χ3n) is 2.40. The molecule has 102 valence electrons. The van der Waals surface area contributed by atoms with Crippen molar-refractivity contribution in [2.75, 3.05) is 26.4 Å². The predicted molar refractivity (Wildman–Crippen MR) is 62.3 cm³/mol. The average molecular weight is 249 g/mol. The number of amides is 1. The van der Waals surface area contributed by atoms with Crippen molar-refractivity contribution in [3.8, 4) is 0 Å². The number of aliphatic hydroxyl groups is 1. The second-order valence-electron chi connectivity index (χ2n) is 3.85. The molecule has 1 amide bonds. The Morgan fingerprint density at radius 2 is 2.06 bits per heavy atom. The lowest BCUT2D eigenvalue weighted by Crippen LogP contribution is -2.26. The number of nitrogens with one attached hydrogen (secondary N) is 1. The molecule has 0 aliphatic carbocycles. The summed E-state index contributed by atoms with van der Waals surface area (Å²) in [4.78, 5) is 19.9. The Morgan fingerprint density at radius 3 is 2.65 bits per heavy atom. The van der Waals surface area contributed by atoms with Gasteiger partial charge in [0.25, 0.3) is 0 Å². The molecule has 6 N–H and O–H groups in total. The van der Waals surface area contributed by atoms with Gasteiger partial charge in [-0.15, -0.1) is 0 Å². The first-order valence-electron chi connectivity index (χ1n) is 5.75. The van der Waals surface area contributed by atoms with Crippen LogP contribution in [0.1, 0.15) is 25.7 Å². The smallest absolute Gasteiger partial charge is 0.222 e. The molecule has 1 unspecified atom stereocenters. The van der Waals surface area contributed by atoms with E-state index in [4.69, 9.17) is 16.9 Å². The van der Waals surface area contributed by atoms with Crippen LogP contribution in [0.4, 0.5) is 0 Å². The maximum absolute atomic E-state index is 11.1. The Morgan fingerprint density at radius 1 is 1.29 bits per heavy atom. The van der Waals surface area contributed by atoms with Crippen LogP contribution >= 0.6 is 0 Å². The quantitative estimate of drug-likeness (QED) is 0.277. The van der Waals surface area contributed by atoms with Gasteiger partial charge in [-0.3, -0.25) is 4.79 Å². The third-order valence-corrected chi connectivity index (χ3v) is 2.40. The van der Waals surface area contributed by atoms with Crippen LogP contribution in [-0.4, -0.2) is 37.4 Å². The second-order valence-corrected chi connectivity index (χ2v) is 3.85. The number of rotatable bonds is 11. The monoisotopic (exact) mass is 249 g/mol. The third kappa shape index (κ3) is 10.2. The first-order chi connectivity index (χ1) is 8.24. The van der Waals surface area contributed by atoms with Gasteiger partial charge in [-0.1, -0.05) is 6.42 Å². The maximum atomic E-state index is 11.1. The van der Waals surface area contributed by atoms with Crippen molar-refractivity contribution in [1.82, 2.24) is 5.32 Å². The topological polar surface area (TPSA) is 120 Å². The minimum absolute atomic E-state index is 0.0669. The molecule has 0 spiro atoms. The van der Waals surface area contributed by atoms with Crippen LogP contribution in [-0.2, 0) is 14.5 Å². The van der Waals surface area contributed by atoms with Crippen molar-refractivity contribution in [2.45, 2.75) is 25.7 Å². The predicted octanol–water partition coefficient (Wildman–Crippen LogP) is -0.948. The summed E-state index contributed by atoms with van der Waals surface area (Å²) in [6, 6.07) is 0. The standard InChI is InChI=1S/C10H23N3O4/c11-16-6-4-10(15)13-5-2-1-3-9(7-14)8-17-12/h9,14H,1-8,11-12H2,(H,13,15). The largest absolute Gasteiger partial charge is 0.396 e. The van der Waals surface area contributed by atoms with E-state index in [2.05, 4.69) is 15.0 Å². The Kier molecular flexibility index (Phi) is 11.2. The zero-order valence-corrected chi connectivity index (χ0v) is 10.1.